The molecule has 7 nitrogen and oxygen atoms in total. The van der Waals surface area contributed by atoms with Gasteiger partial charge in [0.05, 0.1) is 23.9 Å². The minimum Gasteiger partial charge on any atom is -0.497 e. The first kappa shape index (κ1) is 17.6. The number of rotatable bonds is 7. The number of nitrogens with one attached hydrogen (secondary N) is 1. The Labute approximate surface area is 162 Å². The lowest BCUT2D eigenvalue weighted by atomic mass is 10.1. The van der Waals surface area contributed by atoms with Crippen molar-refractivity contribution < 1.29 is 13.9 Å². The fraction of sp³-hybridized carbons (Fsp3) is 0.111. The molecule has 27 heavy (non-hydrogen) atoms. The summed E-state index contributed by atoms with van der Waals surface area (Å²) in [7, 11) is 1.59. The Hall–Kier alpha value is -2.78. The molecule has 0 radical (unpaired) electrons. The summed E-state index contributed by atoms with van der Waals surface area (Å²) in [5.41, 5.74) is 2.43. The highest BCUT2D eigenvalue weighted by Crippen LogP contribution is 2.28. The van der Waals surface area contributed by atoms with Gasteiger partial charge in [-0.3, -0.25) is 4.79 Å². The number of fused-ring (bicyclic) bond motifs is 1. The fourth-order valence-corrected chi connectivity index (χ4v) is 3.73. The molecular weight excluding hydrogens is 384 g/mol. The Bertz CT molecular complexity index is 1040. The molecule has 0 aliphatic rings. The molecule has 4 rings (SSSR count). The number of methoxy groups -OCH3 is 1. The Kier molecular flexibility index (Phi) is 5.12. The van der Waals surface area contributed by atoms with Crippen LogP contribution in [-0.4, -0.2) is 38.8 Å². The second kappa shape index (κ2) is 7.85. The standard InChI is InChI=1S/C18H14N4O3S2/c1-24-12-8-6-11(7-9-12)15(23)10-26-17-21-22-18(25-17)27-16-19-13-4-2-3-5-14(13)20-16/h2-9H,10H2,1H3,(H,19,20). The third kappa shape index (κ3) is 4.15. The van der Waals surface area contributed by atoms with Crippen molar-refractivity contribution in [2.24, 2.45) is 0 Å². The molecule has 0 saturated heterocycles. The number of benzene rings is 2. The smallest absolute Gasteiger partial charge is 0.285 e. The molecular formula is C18H14N4O3S2. The van der Waals surface area contributed by atoms with Gasteiger partial charge in [0.15, 0.2) is 10.9 Å². The fourth-order valence-electron chi connectivity index (χ4n) is 2.34. The van der Waals surface area contributed by atoms with E-state index in [4.69, 9.17) is 9.15 Å². The Morgan fingerprint density at radius 3 is 2.67 bits per heavy atom. The van der Waals surface area contributed by atoms with Crippen LogP contribution in [0, 0.1) is 0 Å². The summed E-state index contributed by atoms with van der Waals surface area (Å²) in [6.45, 7) is 0. The second-order valence-corrected chi connectivity index (χ2v) is 7.30. The molecule has 0 amide bonds. The lowest BCUT2D eigenvalue weighted by molar-refractivity contribution is 0.102. The van der Waals surface area contributed by atoms with Gasteiger partial charge in [-0.05, 0) is 36.4 Å². The van der Waals surface area contributed by atoms with Gasteiger partial charge in [0.2, 0.25) is 0 Å². The van der Waals surface area contributed by atoms with Crippen molar-refractivity contribution >= 4 is 40.3 Å². The molecule has 0 aliphatic carbocycles. The lowest BCUT2D eigenvalue weighted by Gasteiger charge is -2.01. The maximum Gasteiger partial charge on any atom is 0.285 e. The molecule has 0 fully saturated rings. The number of aromatic amines is 1. The number of hydrogen-bond acceptors (Lipinski definition) is 8. The van der Waals surface area contributed by atoms with Crippen molar-refractivity contribution in [3.63, 3.8) is 0 Å². The van der Waals surface area contributed by atoms with Crippen molar-refractivity contribution in [1.82, 2.24) is 20.2 Å². The molecule has 1 N–H and O–H groups in total. The van der Waals surface area contributed by atoms with Gasteiger partial charge in [-0.1, -0.05) is 29.0 Å². The average molecular weight is 398 g/mol. The summed E-state index contributed by atoms with van der Waals surface area (Å²) < 4.78 is 10.7. The summed E-state index contributed by atoms with van der Waals surface area (Å²) >= 11 is 2.45. The van der Waals surface area contributed by atoms with Crippen LogP contribution in [-0.2, 0) is 0 Å². The van der Waals surface area contributed by atoms with E-state index >= 15 is 0 Å². The van der Waals surface area contributed by atoms with Crippen LogP contribution in [0.3, 0.4) is 0 Å². The molecule has 0 unspecified atom stereocenters. The van der Waals surface area contributed by atoms with Gasteiger partial charge < -0.3 is 14.1 Å². The number of imidazole rings is 1. The van der Waals surface area contributed by atoms with Gasteiger partial charge in [0, 0.05) is 17.3 Å². The highest BCUT2D eigenvalue weighted by atomic mass is 32.2. The van der Waals surface area contributed by atoms with Gasteiger partial charge >= 0.3 is 0 Å². The number of nitrogens with zero attached hydrogens (tertiary/aromatic N) is 3. The summed E-state index contributed by atoms with van der Waals surface area (Å²) in [5.74, 6) is 0.902. The van der Waals surface area contributed by atoms with E-state index in [2.05, 4.69) is 20.2 Å². The van der Waals surface area contributed by atoms with E-state index in [1.165, 1.54) is 23.5 Å². The SMILES string of the molecule is COc1ccc(C(=O)CSc2nnc(Sc3nc4ccccc4[nH]3)o2)cc1. The predicted molar refractivity (Wildman–Crippen MR) is 103 cm³/mol. The van der Waals surface area contributed by atoms with E-state index in [9.17, 15) is 4.79 Å². The van der Waals surface area contributed by atoms with Crippen LogP contribution in [0.2, 0.25) is 0 Å². The van der Waals surface area contributed by atoms with E-state index < -0.39 is 0 Å². The van der Waals surface area contributed by atoms with Crippen LogP contribution in [0.25, 0.3) is 11.0 Å². The van der Waals surface area contributed by atoms with Crippen LogP contribution in [0.5, 0.6) is 5.75 Å². The van der Waals surface area contributed by atoms with Crippen LogP contribution in [0.4, 0.5) is 0 Å². The van der Waals surface area contributed by atoms with Crippen LogP contribution < -0.4 is 4.74 Å². The summed E-state index contributed by atoms with van der Waals surface area (Å²) in [5, 5.41) is 9.35. The molecule has 0 bridgehead atoms. The van der Waals surface area contributed by atoms with Crippen molar-refractivity contribution in [1.29, 1.82) is 0 Å². The largest absolute Gasteiger partial charge is 0.497 e. The van der Waals surface area contributed by atoms with Gasteiger partial charge in [0.1, 0.15) is 5.75 Å². The number of thioether (sulfide) groups is 1. The van der Waals surface area contributed by atoms with Crippen molar-refractivity contribution in [3.8, 4) is 5.75 Å². The van der Waals surface area contributed by atoms with E-state index in [-0.39, 0.29) is 11.5 Å². The van der Waals surface area contributed by atoms with Crippen LogP contribution in [0.1, 0.15) is 10.4 Å². The molecule has 0 aliphatic heterocycles. The van der Waals surface area contributed by atoms with Crippen molar-refractivity contribution in [2.45, 2.75) is 15.6 Å². The zero-order chi connectivity index (χ0) is 18.6. The quantitative estimate of drug-likeness (QED) is 0.368. The van der Waals surface area contributed by atoms with Gasteiger partial charge in [-0.2, -0.15) is 0 Å². The topological polar surface area (TPSA) is 93.9 Å². The third-order valence-electron chi connectivity index (χ3n) is 3.68. The number of carbonyl (C=O) groups excluding carboxylic acids is 1. The molecule has 0 saturated carbocycles. The highest BCUT2D eigenvalue weighted by Gasteiger charge is 2.14. The first-order valence-corrected chi connectivity index (χ1v) is 9.77. The van der Waals surface area contributed by atoms with E-state index in [1.807, 2.05) is 24.3 Å². The Morgan fingerprint density at radius 1 is 1.11 bits per heavy atom. The zero-order valence-electron chi connectivity index (χ0n) is 14.2. The molecule has 136 valence electrons. The number of Topliss-reactive ketones (excluding diaryl/α,β-unsaturated/α-hetero) is 1. The Balaban J connectivity index is 1.36. The molecule has 4 aromatic rings. The van der Waals surface area contributed by atoms with Gasteiger partial charge in [-0.15, -0.1) is 5.10 Å². The van der Waals surface area contributed by atoms with Gasteiger partial charge in [0.25, 0.3) is 10.4 Å². The lowest BCUT2D eigenvalue weighted by Crippen LogP contribution is -2.02. The first-order chi connectivity index (χ1) is 13.2. The number of carbonyl (C=O) groups is 1. The molecule has 0 atom stereocenters. The molecule has 2 heterocycles. The Morgan fingerprint density at radius 2 is 1.89 bits per heavy atom. The monoisotopic (exact) mass is 398 g/mol. The first-order valence-electron chi connectivity index (χ1n) is 7.97. The van der Waals surface area contributed by atoms with E-state index in [0.717, 1.165) is 11.0 Å². The zero-order valence-corrected chi connectivity index (χ0v) is 15.8. The number of ether oxygens (including phenoxy) is 1. The number of H-pyrrole nitrogens is 1. The average Bonchev–Trinajstić information content (AvgIpc) is 3.32. The molecule has 2 aromatic carbocycles. The molecule has 9 heteroatoms. The van der Waals surface area contributed by atoms with Gasteiger partial charge in [-0.25, -0.2) is 4.98 Å². The molecule has 2 aromatic heterocycles. The summed E-state index contributed by atoms with van der Waals surface area (Å²) in [6.07, 6.45) is 0. The number of ketones is 1. The van der Waals surface area contributed by atoms with Crippen molar-refractivity contribution in [2.75, 3.05) is 12.9 Å². The van der Waals surface area contributed by atoms with Crippen LogP contribution >= 0.6 is 23.5 Å². The van der Waals surface area contributed by atoms with Crippen molar-refractivity contribution in [3.05, 3.63) is 54.1 Å². The number of para-hydroxylation sites is 2. The maximum absolute atomic E-state index is 12.2. The predicted octanol–water partition coefficient (Wildman–Crippen LogP) is 4.08. The minimum atomic E-state index is -0.0210. The van der Waals surface area contributed by atoms with E-state index in [1.54, 1.807) is 31.4 Å². The minimum absolute atomic E-state index is 0.0210. The summed E-state index contributed by atoms with van der Waals surface area (Å²) in [4.78, 5) is 19.9. The van der Waals surface area contributed by atoms with Crippen LogP contribution in [0.15, 0.2) is 68.6 Å². The maximum atomic E-state index is 12.2. The third-order valence-corrected chi connectivity index (χ3v) is 5.22. The molecule has 0 spiro atoms. The number of aromatic nitrogens is 4. The highest BCUT2D eigenvalue weighted by molar-refractivity contribution is 8.00. The normalized spacial score (nSPS) is 11.0. The second-order valence-electron chi connectivity index (χ2n) is 5.44. The number of hydrogen-bond donors (Lipinski definition) is 1. The van der Waals surface area contributed by atoms with E-state index in [0.29, 0.717) is 26.9 Å². The summed E-state index contributed by atoms with van der Waals surface area (Å²) in [6, 6.07) is 14.7.